The van der Waals surface area contributed by atoms with E-state index in [0.29, 0.717) is 46.2 Å². The summed E-state index contributed by atoms with van der Waals surface area (Å²) in [7, 11) is 0. The fourth-order valence-corrected chi connectivity index (χ4v) is 3.48. The average Bonchev–Trinajstić information content (AvgIpc) is 2.72. The zero-order chi connectivity index (χ0) is 20.4. The molecule has 29 heavy (non-hydrogen) atoms. The van der Waals surface area contributed by atoms with Gasteiger partial charge < -0.3 is 14.2 Å². The van der Waals surface area contributed by atoms with E-state index in [4.69, 9.17) is 25.8 Å². The molecule has 0 unspecified atom stereocenters. The topological polar surface area (TPSA) is 79.7 Å². The number of benzene rings is 2. The van der Waals surface area contributed by atoms with Crippen LogP contribution in [0.15, 0.2) is 41.5 Å². The van der Waals surface area contributed by atoms with Crippen molar-refractivity contribution in [1.82, 2.24) is 9.55 Å². The molecular formula is C21H19ClN2O5. The molecule has 0 bridgehead atoms. The molecule has 0 saturated carbocycles. The second-order valence-electron chi connectivity index (χ2n) is 6.73. The van der Waals surface area contributed by atoms with Crippen LogP contribution in [0, 0.1) is 6.92 Å². The van der Waals surface area contributed by atoms with E-state index in [9.17, 15) is 9.59 Å². The lowest BCUT2D eigenvalue weighted by molar-refractivity contribution is -0.145. The number of fused-ring (bicyclic) bond motifs is 2. The van der Waals surface area contributed by atoms with Crippen molar-refractivity contribution in [3.8, 4) is 11.5 Å². The fourth-order valence-electron chi connectivity index (χ4n) is 3.19. The molecule has 0 amide bonds. The molecule has 0 atom stereocenters. The Bertz CT molecular complexity index is 1140. The van der Waals surface area contributed by atoms with Crippen LogP contribution in [0.4, 0.5) is 0 Å². The number of aromatic nitrogens is 2. The molecule has 150 valence electrons. The highest BCUT2D eigenvalue weighted by Crippen LogP contribution is 2.38. The zero-order valence-corrected chi connectivity index (χ0v) is 16.6. The average molecular weight is 415 g/mol. The van der Waals surface area contributed by atoms with Gasteiger partial charge in [-0.25, -0.2) is 4.98 Å². The molecule has 3 aromatic rings. The van der Waals surface area contributed by atoms with Crippen LogP contribution in [-0.2, 0) is 22.7 Å². The first kappa shape index (κ1) is 19.3. The third-order valence-electron chi connectivity index (χ3n) is 4.67. The van der Waals surface area contributed by atoms with E-state index in [0.717, 1.165) is 5.56 Å². The highest BCUT2D eigenvalue weighted by atomic mass is 35.5. The Hall–Kier alpha value is -3.06. The highest BCUT2D eigenvalue weighted by molar-refractivity contribution is 6.32. The van der Waals surface area contributed by atoms with Crippen LogP contribution in [0.3, 0.4) is 0 Å². The number of carbonyl (C=O) groups is 1. The van der Waals surface area contributed by atoms with Gasteiger partial charge in [-0.05, 0) is 36.2 Å². The van der Waals surface area contributed by atoms with Crippen LogP contribution in [0.25, 0.3) is 10.9 Å². The summed E-state index contributed by atoms with van der Waals surface area (Å²) in [6.45, 7) is 3.04. The van der Waals surface area contributed by atoms with Crippen molar-refractivity contribution in [3.05, 3.63) is 63.2 Å². The van der Waals surface area contributed by atoms with Crippen LogP contribution >= 0.6 is 11.6 Å². The van der Waals surface area contributed by atoms with Gasteiger partial charge in [0.1, 0.15) is 19.8 Å². The van der Waals surface area contributed by atoms with E-state index in [1.54, 1.807) is 18.2 Å². The van der Waals surface area contributed by atoms with Crippen LogP contribution in [0.1, 0.15) is 17.5 Å². The minimum absolute atomic E-state index is 0.0528. The maximum absolute atomic E-state index is 12.6. The normalized spacial score (nSPS) is 12.8. The Morgan fingerprint density at radius 3 is 2.97 bits per heavy atom. The Morgan fingerprint density at radius 2 is 2.10 bits per heavy atom. The smallest absolute Gasteiger partial charge is 0.307 e. The number of esters is 1. The van der Waals surface area contributed by atoms with Crippen molar-refractivity contribution in [3.63, 3.8) is 0 Å². The fraction of sp³-hybridized carbons (Fsp3) is 0.286. The third-order valence-corrected chi connectivity index (χ3v) is 4.95. The van der Waals surface area contributed by atoms with Gasteiger partial charge in [0.05, 0.1) is 28.7 Å². The molecule has 1 aliphatic heterocycles. The number of aryl methyl sites for hydroxylation is 2. The largest absolute Gasteiger partial charge is 0.486 e. The molecule has 1 aliphatic rings. The number of para-hydroxylation sites is 1. The van der Waals surface area contributed by atoms with Crippen molar-refractivity contribution in [2.45, 2.75) is 26.5 Å². The number of rotatable bonds is 5. The molecule has 0 spiro atoms. The molecule has 0 aliphatic carbocycles. The first-order chi connectivity index (χ1) is 14.0. The van der Waals surface area contributed by atoms with Gasteiger partial charge in [0, 0.05) is 6.54 Å². The molecule has 0 N–H and O–H groups in total. The van der Waals surface area contributed by atoms with Gasteiger partial charge in [-0.3, -0.25) is 14.2 Å². The molecule has 0 fully saturated rings. The molecule has 1 aromatic heterocycles. The Morgan fingerprint density at radius 1 is 1.28 bits per heavy atom. The summed E-state index contributed by atoms with van der Waals surface area (Å²) in [4.78, 5) is 29.1. The zero-order valence-electron chi connectivity index (χ0n) is 15.8. The summed E-state index contributed by atoms with van der Waals surface area (Å²) >= 11 is 6.19. The minimum atomic E-state index is -0.424. The van der Waals surface area contributed by atoms with Crippen molar-refractivity contribution >= 4 is 28.5 Å². The third kappa shape index (κ3) is 4.05. The maximum atomic E-state index is 12.6. The first-order valence-corrected chi connectivity index (χ1v) is 9.59. The number of ether oxygens (including phenoxy) is 3. The molecular weight excluding hydrogens is 396 g/mol. The van der Waals surface area contributed by atoms with E-state index in [1.807, 2.05) is 19.1 Å². The number of hydrogen-bond acceptors (Lipinski definition) is 6. The van der Waals surface area contributed by atoms with E-state index in [2.05, 4.69) is 4.98 Å². The lowest BCUT2D eigenvalue weighted by Gasteiger charge is -2.20. The quantitative estimate of drug-likeness (QED) is 0.596. The molecule has 7 nitrogen and oxygen atoms in total. The van der Waals surface area contributed by atoms with E-state index >= 15 is 0 Å². The van der Waals surface area contributed by atoms with Crippen molar-refractivity contribution in [1.29, 1.82) is 0 Å². The van der Waals surface area contributed by atoms with Gasteiger partial charge in [0.25, 0.3) is 5.56 Å². The van der Waals surface area contributed by atoms with E-state index < -0.39 is 5.97 Å². The van der Waals surface area contributed by atoms with Crippen molar-refractivity contribution < 1.29 is 19.0 Å². The van der Waals surface area contributed by atoms with Crippen LogP contribution in [-0.4, -0.2) is 28.7 Å². The number of halogens is 1. The Kier molecular flexibility index (Phi) is 5.40. The maximum Gasteiger partial charge on any atom is 0.307 e. The number of nitrogens with zero attached hydrogens (tertiary/aromatic N) is 2. The van der Waals surface area contributed by atoms with Gasteiger partial charge in [-0.2, -0.15) is 0 Å². The molecule has 2 heterocycles. The molecule has 8 heteroatoms. The molecule has 4 rings (SSSR count). The highest BCUT2D eigenvalue weighted by Gasteiger charge is 2.17. The second-order valence-corrected chi connectivity index (χ2v) is 7.13. The predicted octanol–water partition coefficient (Wildman–Crippen LogP) is 3.26. The summed E-state index contributed by atoms with van der Waals surface area (Å²) < 4.78 is 17.7. The van der Waals surface area contributed by atoms with Gasteiger partial charge >= 0.3 is 5.97 Å². The summed E-state index contributed by atoms with van der Waals surface area (Å²) in [6.07, 6.45) is 1.52. The predicted molar refractivity (Wildman–Crippen MR) is 108 cm³/mol. The monoisotopic (exact) mass is 414 g/mol. The van der Waals surface area contributed by atoms with Gasteiger partial charge in [0.2, 0.25) is 0 Å². The summed E-state index contributed by atoms with van der Waals surface area (Å²) in [5, 5.41) is 0.948. The van der Waals surface area contributed by atoms with E-state index in [1.165, 1.54) is 10.9 Å². The van der Waals surface area contributed by atoms with Crippen molar-refractivity contribution in [2.24, 2.45) is 0 Å². The molecule has 0 radical (unpaired) electrons. The number of hydrogen-bond donors (Lipinski definition) is 0. The molecule has 0 saturated heterocycles. The Labute approximate surface area is 171 Å². The minimum Gasteiger partial charge on any atom is -0.486 e. The number of carbonyl (C=O) groups excluding carboxylic acids is 1. The molecule has 2 aromatic carbocycles. The first-order valence-electron chi connectivity index (χ1n) is 9.21. The van der Waals surface area contributed by atoms with Crippen molar-refractivity contribution in [2.75, 3.05) is 13.2 Å². The van der Waals surface area contributed by atoms with Gasteiger partial charge in [0.15, 0.2) is 11.5 Å². The van der Waals surface area contributed by atoms with Gasteiger partial charge in [-0.1, -0.05) is 23.7 Å². The Balaban J connectivity index is 1.39. The van der Waals surface area contributed by atoms with Crippen LogP contribution in [0.5, 0.6) is 11.5 Å². The standard InChI is InChI=1S/C21H19ClN2O5/c1-13-3-2-4-15-19(13)23-12-24(21(15)26)6-5-18(25)29-11-14-9-16(22)20-17(10-14)27-7-8-28-20/h2-4,9-10,12H,5-8,11H2,1H3. The summed E-state index contributed by atoms with van der Waals surface area (Å²) in [6, 6.07) is 8.88. The second kappa shape index (κ2) is 8.13. The summed E-state index contributed by atoms with van der Waals surface area (Å²) in [5.41, 5.74) is 2.13. The van der Waals surface area contributed by atoms with E-state index in [-0.39, 0.29) is 25.1 Å². The summed E-state index contributed by atoms with van der Waals surface area (Å²) in [5.74, 6) is 0.623. The van der Waals surface area contributed by atoms with Gasteiger partial charge in [-0.15, -0.1) is 0 Å². The lowest BCUT2D eigenvalue weighted by Crippen LogP contribution is -2.22. The van der Waals surface area contributed by atoms with Crippen LogP contribution < -0.4 is 15.0 Å². The van der Waals surface area contributed by atoms with Crippen LogP contribution in [0.2, 0.25) is 5.02 Å². The lowest BCUT2D eigenvalue weighted by atomic mass is 10.1. The SMILES string of the molecule is Cc1cccc2c(=O)n(CCC(=O)OCc3cc(Cl)c4c(c3)OCCO4)cnc12.